The summed E-state index contributed by atoms with van der Waals surface area (Å²) in [4.78, 5) is 22.2. The Morgan fingerprint density at radius 2 is 1.50 bits per heavy atom. The summed E-state index contributed by atoms with van der Waals surface area (Å²) < 4.78 is 9.86. The van der Waals surface area contributed by atoms with E-state index < -0.39 is 11.9 Å². The van der Waals surface area contributed by atoms with Crippen LogP contribution >= 0.6 is 0 Å². The molecule has 0 radical (unpaired) electrons. The minimum absolute atomic E-state index is 0.223. The molecule has 0 unspecified atom stereocenters. The van der Waals surface area contributed by atoms with Crippen molar-refractivity contribution in [1.82, 2.24) is 0 Å². The summed E-state index contributed by atoms with van der Waals surface area (Å²) in [5.41, 5.74) is 0. The van der Waals surface area contributed by atoms with Crippen molar-refractivity contribution in [3.8, 4) is 0 Å². The van der Waals surface area contributed by atoms with Gasteiger partial charge in [-0.3, -0.25) is 9.59 Å². The Morgan fingerprint density at radius 1 is 1.00 bits per heavy atom. The number of esters is 2. The number of ether oxygens (including phenoxy) is 2. The standard InChI is InChI=1S/C8H6O4/c9-7-5-3-1-2-4(11-3)6(5)8(10)12-7/h1-6H/t3-,4+,5-,6-/m1/s1. The van der Waals surface area contributed by atoms with Crippen molar-refractivity contribution in [1.29, 1.82) is 0 Å². The summed E-state index contributed by atoms with van der Waals surface area (Å²) >= 11 is 0. The summed E-state index contributed by atoms with van der Waals surface area (Å²) in [5.74, 6) is -1.59. The molecule has 0 spiro atoms. The van der Waals surface area contributed by atoms with Crippen LogP contribution < -0.4 is 0 Å². The monoisotopic (exact) mass is 166 g/mol. The lowest BCUT2D eigenvalue weighted by molar-refractivity contribution is -0.156. The van der Waals surface area contributed by atoms with Gasteiger partial charge in [-0.05, 0) is 0 Å². The van der Waals surface area contributed by atoms with Gasteiger partial charge in [-0.2, -0.15) is 0 Å². The molecule has 4 atom stereocenters. The molecule has 0 aliphatic carbocycles. The second-order valence-corrected chi connectivity index (χ2v) is 3.24. The van der Waals surface area contributed by atoms with Gasteiger partial charge >= 0.3 is 11.9 Å². The molecular formula is C8H6O4. The van der Waals surface area contributed by atoms with Gasteiger partial charge in [-0.15, -0.1) is 0 Å². The first-order valence-corrected chi connectivity index (χ1v) is 3.87. The maximum absolute atomic E-state index is 11.1. The van der Waals surface area contributed by atoms with E-state index in [9.17, 15) is 9.59 Å². The van der Waals surface area contributed by atoms with Gasteiger partial charge in [0.25, 0.3) is 0 Å². The quantitative estimate of drug-likeness (QED) is 0.280. The number of hydrogen-bond acceptors (Lipinski definition) is 4. The van der Waals surface area contributed by atoms with E-state index in [4.69, 9.17) is 4.74 Å². The van der Waals surface area contributed by atoms with Gasteiger partial charge in [-0.25, -0.2) is 0 Å². The van der Waals surface area contributed by atoms with Crippen molar-refractivity contribution < 1.29 is 19.1 Å². The van der Waals surface area contributed by atoms with E-state index in [0.29, 0.717) is 0 Å². The van der Waals surface area contributed by atoms with E-state index >= 15 is 0 Å². The van der Waals surface area contributed by atoms with Crippen molar-refractivity contribution in [2.75, 3.05) is 0 Å². The maximum Gasteiger partial charge on any atom is 0.320 e. The first-order valence-electron chi connectivity index (χ1n) is 3.87. The molecule has 3 aliphatic rings. The molecule has 0 aromatic rings. The molecule has 0 aromatic carbocycles. The van der Waals surface area contributed by atoms with Crippen molar-refractivity contribution >= 4 is 11.9 Å². The van der Waals surface area contributed by atoms with Gasteiger partial charge < -0.3 is 9.47 Å². The lowest BCUT2D eigenvalue weighted by atomic mass is 9.85. The third-order valence-corrected chi connectivity index (χ3v) is 2.65. The predicted octanol–water partition coefficient (Wildman–Crippen LogP) is -0.361. The molecule has 2 fully saturated rings. The Balaban J connectivity index is 2.08. The highest BCUT2D eigenvalue weighted by atomic mass is 16.6. The average molecular weight is 166 g/mol. The normalized spacial score (nSPS) is 48.3. The molecule has 3 aliphatic heterocycles. The number of carbonyl (C=O) groups is 2. The molecule has 2 saturated heterocycles. The van der Waals surface area contributed by atoms with Crippen LogP contribution in [0.2, 0.25) is 0 Å². The minimum atomic E-state index is -0.429. The van der Waals surface area contributed by atoms with Crippen LogP contribution in [0, 0.1) is 11.8 Å². The second kappa shape index (κ2) is 1.77. The van der Waals surface area contributed by atoms with Crippen molar-refractivity contribution in [3.63, 3.8) is 0 Å². The fourth-order valence-corrected chi connectivity index (χ4v) is 2.11. The molecule has 12 heavy (non-hydrogen) atoms. The molecule has 0 N–H and O–H groups in total. The molecule has 3 rings (SSSR count). The van der Waals surface area contributed by atoms with Crippen LogP contribution in [0.15, 0.2) is 12.2 Å². The highest BCUT2D eigenvalue weighted by Gasteiger charge is 2.59. The van der Waals surface area contributed by atoms with E-state index in [1.165, 1.54) is 0 Å². The Hall–Kier alpha value is -1.16. The molecular weight excluding hydrogens is 160 g/mol. The lowest BCUT2D eigenvalue weighted by Gasteiger charge is -2.08. The zero-order chi connectivity index (χ0) is 8.29. The van der Waals surface area contributed by atoms with E-state index in [1.807, 2.05) is 12.2 Å². The summed E-state index contributed by atoms with van der Waals surface area (Å²) in [7, 11) is 0. The van der Waals surface area contributed by atoms with Gasteiger partial charge in [0.05, 0.1) is 12.2 Å². The first-order chi connectivity index (χ1) is 5.77. The van der Waals surface area contributed by atoms with Crippen LogP contribution in [0.1, 0.15) is 0 Å². The highest BCUT2D eigenvalue weighted by molar-refractivity contribution is 5.98. The fraction of sp³-hybridized carbons (Fsp3) is 0.500. The molecule has 0 aromatic heterocycles. The predicted molar refractivity (Wildman–Crippen MR) is 35.9 cm³/mol. The zero-order valence-electron chi connectivity index (χ0n) is 6.10. The van der Waals surface area contributed by atoms with Crippen LogP contribution in [-0.4, -0.2) is 24.1 Å². The van der Waals surface area contributed by atoms with Crippen LogP contribution in [-0.2, 0) is 19.1 Å². The maximum atomic E-state index is 11.1. The van der Waals surface area contributed by atoms with E-state index in [0.717, 1.165) is 0 Å². The van der Waals surface area contributed by atoms with Crippen LogP contribution in [0.5, 0.6) is 0 Å². The van der Waals surface area contributed by atoms with Crippen molar-refractivity contribution in [2.24, 2.45) is 11.8 Å². The zero-order valence-corrected chi connectivity index (χ0v) is 6.10. The summed E-state index contributed by atoms with van der Waals surface area (Å²) in [5, 5.41) is 0. The summed E-state index contributed by atoms with van der Waals surface area (Å²) in [6.07, 6.45) is 3.20. The number of carbonyl (C=O) groups excluding carboxylic acids is 2. The Labute approximate surface area is 68.1 Å². The molecule has 62 valence electrons. The van der Waals surface area contributed by atoms with E-state index in [1.54, 1.807) is 0 Å². The van der Waals surface area contributed by atoms with Crippen LogP contribution in [0.25, 0.3) is 0 Å². The van der Waals surface area contributed by atoms with Gasteiger partial charge in [0, 0.05) is 0 Å². The summed E-state index contributed by atoms with van der Waals surface area (Å²) in [6.45, 7) is 0. The largest absolute Gasteiger partial charge is 0.393 e. The Bertz CT molecular complexity index is 278. The molecule has 0 saturated carbocycles. The fourth-order valence-electron chi connectivity index (χ4n) is 2.11. The molecule has 0 amide bonds. The topological polar surface area (TPSA) is 52.6 Å². The lowest BCUT2D eigenvalue weighted by Crippen LogP contribution is -2.26. The number of rotatable bonds is 0. The second-order valence-electron chi connectivity index (χ2n) is 3.24. The van der Waals surface area contributed by atoms with Crippen molar-refractivity contribution in [3.05, 3.63) is 12.2 Å². The molecule has 4 heteroatoms. The number of fused-ring (bicyclic) bond motifs is 5. The van der Waals surface area contributed by atoms with Crippen LogP contribution in [0.4, 0.5) is 0 Å². The van der Waals surface area contributed by atoms with Gasteiger partial charge in [0.15, 0.2) is 0 Å². The third-order valence-electron chi connectivity index (χ3n) is 2.65. The third kappa shape index (κ3) is 0.536. The van der Waals surface area contributed by atoms with Crippen molar-refractivity contribution in [2.45, 2.75) is 12.2 Å². The Kier molecular flexibility index (Phi) is 0.939. The Morgan fingerprint density at radius 3 is 2.00 bits per heavy atom. The molecule has 3 heterocycles. The van der Waals surface area contributed by atoms with E-state index in [2.05, 4.69) is 4.74 Å². The first kappa shape index (κ1) is 6.37. The summed E-state index contributed by atoms with van der Waals surface area (Å²) in [6, 6.07) is 0. The van der Waals surface area contributed by atoms with Gasteiger partial charge in [0.1, 0.15) is 11.8 Å². The minimum Gasteiger partial charge on any atom is -0.393 e. The molecule has 2 bridgehead atoms. The van der Waals surface area contributed by atoms with Gasteiger partial charge in [-0.1, -0.05) is 12.2 Å². The average Bonchev–Trinajstić information content (AvgIpc) is 2.64. The smallest absolute Gasteiger partial charge is 0.320 e. The number of hydrogen-bond donors (Lipinski definition) is 0. The van der Waals surface area contributed by atoms with Gasteiger partial charge in [0.2, 0.25) is 0 Å². The highest BCUT2D eigenvalue weighted by Crippen LogP contribution is 2.43. The SMILES string of the molecule is O=C1OC(=O)[C@H]2[C@H]1[C@@H]1C=C[C@H]2O1. The molecule has 4 nitrogen and oxygen atoms in total. The van der Waals surface area contributed by atoms with Crippen LogP contribution in [0.3, 0.4) is 0 Å². The number of cyclic esters (lactones) is 2. The van der Waals surface area contributed by atoms with E-state index in [-0.39, 0.29) is 24.0 Å².